The third-order valence-corrected chi connectivity index (χ3v) is 5.50. The van der Waals surface area contributed by atoms with Gasteiger partial charge in [-0.1, -0.05) is 65.3 Å². The molecule has 0 spiro atoms. The molecule has 0 bridgehead atoms. The van der Waals surface area contributed by atoms with Gasteiger partial charge >= 0.3 is 0 Å². The van der Waals surface area contributed by atoms with Crippen molar-refractivity contribution in [3.05, 3.63) is 100 Å². The van der Waals surface area contributed by atoms with Gasteiger partial charge in [-0.05, 0) is 29.1 Å². The molecule has 0 saturated carbocycles. The van der Waals surface area contributed by atoms with Crippen LogP contribution in [0.1, 0.15) is 21.6 Å². The van der Waals surface area contributed by atoms with Gasteiger partial charge in [0.25, 0.3) is 5.91 Å². The Balaban J connectivity index is 1.61. The largest absolute Gasteiger partial charge is 0.355 e. The summed E-state index contributed by atoms with van der Waals surface area (Å²) in [4.78, 5) is 15.9. The molecule has 0 atom stereocenters. The molecular formula is C22H17ClN2O2S. The number of halogens is 1. The Bertz CT molecular complexity index is 1060. The van der Waals surface area contributed by atoms with E-state index in [4.69, 9.17) is 16.1 Å². The van der Waals surface area contributed by atoms with Crippen LogP contribution < -0.4 is 0 Å². The molecular weight excluding hydrogens is 392 g/mol. The number of hydrogen-bond acceptors (Lipinski definition) is 4. The number of carbonyl (C=O) groups excluding carboxylic acids is 1. The summed E-state index contributed by atoms with van der Waals surface area (Å²) in [5.41, 5.74) is 2.20. The van der Waals surface area contributed by atoms with Gasteiger partial charge < -0.3 is 9.42 Å². The van der Waals surface area contributed by atoms with E-state index >= 15 is 0 Å². The van der Waals surface area contributed by atoms with E-state index in [9.17, 15) is 4.79 Å². The van der Waals surface area contributed by atoms with E-state index < -0.39 is 0 Å². The SMILES string of the molecule is O=C(c1ccccc1Cl)N(Cc1ccccc1)Cc1cc(-c2cccs2)on1. The van der Waals surface area contributed by atoms with Crippen LogP contribution in [0.2, 0.25) is 5.02 Å². The molecule has 0 radical (unpaired) electrons. The topological polar surface area (TPSA) is 46.3 Å². The number of thiophene rings is 1. The summed E-state index contributed by atoms with van der Waals surface area (Å²) in [6.45, 7) is 0.778. The van der Waals surface area contributed by atoms with E-state index in [2.05, 4.69) is 5.16 Å². The van der Waals surface area contributed by atoms with Crippen molar-refractivity contribution in [2.24, 2.45) is 0 Å². The van der Waals surface area contributed by atoms with Crippen molar-refractivity contribution in [3.8, 4) is 10.6 Å². The number of hydrogen-bond donors (Lipinski definition) is 0. The molecule has 0 saturated heterocycles. The molecule has 1 amide bonds. The molecule has 2 aromatic carbocycles. The Labute approximate surface area is 172 Å². The molecule has 0 unspecified atom stereocenters. The van der Waals surface area contributed by atoms with Gasteiger partial charge in [0.1, 0.15) is 5.69 Å². The fourth-order valence-electron chi connectivity index (χ4n) is 2.93. The first-order valence-corrected chi connectivity index (χ1v) is 10.0. The number of rotatable bonds is 6. The van der Waals surface area contributed by atoms with Crippen molar-refractivity contribution in [2.45, 2.75) is 13.1 Å². The summed E-state index contributed by atoms with van der Waals surface area (Å²) >= 11 is 7.84. The van der Waals surface area contributed by atoms with Crippen molar-refractivity contribution in [2.75, 3.05) is 0 Å². The Morgan fingerprint density at radius 3 is 2.54 bits per heavy atom. The van der Waals surface area contributed by atoms with Gasteiger partial charge in [-0.2, -0.15) is 0 Å². The lowest BCUT2D eigenvalue weighted by atomic mass is 10.1. The molecule has 2 heterocycles. The quantitative estimate of drug-likeness (QED) is 0.399. The smallest absolute Gasteiger partial charge is 0.256 e. The second kappa shape index (κ2) is 8.42. The van der Waals surface area contributed by atoms with Crippen LogP contribution in [0.15, 0.2) is 82.7 Å². The van der Waals surface area contributed by atoms with Crippen LogP contribution in [-0.4, -0.2) is 16.0 Å². The minimum atomic E-state index is -0.143. The summed E-state index contributed by atoms with van der Waals surface area (Å²) in [6.07, 6.45) is 0. The fraction of sp³-hybridized carbons (Fsp3) is 0.0909. The lowest BCUT2D eigenvalue weighted by Crippen LogP contribution is -2.30. The number of nitrogens with zero attached hydrogens (tertiary/aromatic N) is 2. The van der Waals surface area contributed by atoms with Gasteiger partial charge in [0.05, 0.1) is 22.0 Å². The zero-order valence-corrected chi connectivity index (χ0v) is 16.5. The van der Waals surface area contributed by atoms with E-state index in [0.29, 0.717) is 35.1 Å². The van der Waals surface area contributed by atoms with Crippen molar-refractivity contribution in [3.63, 3.8) is 0 Å². The highest BCUT2D eigenvalue weighted by atomic mass is 35.5. The molecule has 0 aliphatic carbocycles. The van der Waals surface area contributed by atoms with Gasteiger partial charge in [-0.3, -0.25) is 4.79 Å². The fourth-order valence-corrected chi connectivity index (χ4v) is 3.81. The standard InChI is InChI=1S/C22H17ClN2O2S/c23-19-10-5-4-9-18(19)22(26)25(14-16-7-2-1-3-8-16)15-17-13-20(27-24-17)21-11-6-12-28-21/h1-13H,14-15H2. The minimum absolute atomic E-state index is 0.143. The zero-order chi connectivity index (χ0) is 19.3. The molecule has 2 aromatic heterocycles. The molecule has 0 aliphatic heterocycles. The summed E-state index contributed by atoms with van der Waals surface area (Å²) in [5.74, 6) is 0.560. The van der Waals surface area contributed by atoms with Crippen LogP contribution in [0.5, 0.6) is 0 Å². The van der Waals surface area contributed by atoms with Crippen LogP contribution in [0.3, 0.4) is 0 Å². The Hall–Kier alpha value is -2.89. The first-order valence-electron chi connectivity index (χ1n) is 8.78. The molecule has 0 fully saturated rings. The number of benzene rings is 2. The van der Waals surface area contributed by atoms with E-state index in [0.717, 1.165) is 10.4 Å². The third-order valence-electron chi connectivity index (χ3n) is 4.28. The second-order valence-electron chi connectivity index (χ2n) is 6.29. The first-order chi connectivity index (χ1) is 13.7. The monoisotopic (exact) mass is 408 g/mol. The second-order valence-corrected chi connectivity index (χ2v) is 7.64. The maximum atomic E-state index is 13.2. The van der Waals surface area contributed by atoms with Crippen LogP contribution in [0, 0.1) is 0 Å². The average Bonchev–Trinajstić information content (AvgIpc) is 3.40. The summed E-state index contributed by atoms with van der Waals surface area (Å²) in [6, 6.07) is 22.8. The summed E-state index contributed by atoms with van der Waals surface area (Å²) in [5, 5.41) is 6.58. The highest BCUT2D eigenvalue weighted by Crippen LogP contribution is 2.26. The number of carbonyl (C=O) groups is 1. The first kappa shape index (κ1) is 18.5. The van der Waals surface area contributed by atoms with Crippen LogP contribution in [0.25, 0.3) is 10.6 Å². The lowest BCUT2D eigenvalue weighted by molar-refractivity contribution is 0.0726. The highest BCUT2D eigenvalue weighted by Gasteiger charge is 2.21. The van der Waals surface area contributed by atoms with Crippen molar-refractivity contribution in [1.29, 1.82) is 0 Å². The van der Waals surface area contributed by atoms with Crippen molar-refractivity contribution in [1.82, 2.24) is 10.1 Å². The number of aromatic nitrogens is 1. The Kier molecular flexibility index (Phi) is 5.55. The predicted octanol–water partition coefficient (Wildman–Crippen LogP) is 5.90. The minimum Gasteiger partial charge on any atom is -0.355 e. The van der Waals surface area contributed by atoms with Crippen molar-refractivity contribution >= 4 is 28.8 Å². The van der Waals surface area contributed by atoms with Gasteiger partial charge in [0, 0.05) is 12.6 Å². The van der Waals surface area contributed by atoms with Crippen molar-refractivity contribution < 1.29 is 9.32 Å². The van der Waals surface area contributed by atoms with E-state index in [1.165, 1.54) is 0 Å². The maximum absolute atomic E-state index is 13.2. The van der Waals surface area contributed by atoms with Crippen LogP contribution >= 0.6 is 22.9 Å². The molecule has 4 rings (SSSR count). The summed E-state index contributed by atoms with van der Waals surface area (Å²) in [7, 11) is 0. The normalized spacial score (nSPS) is 10.8. The number of amides is 1. The molecule has 4 nitrogen and oxygen atoms in total. The van der Waals surface area contributed by atoms with Gasteiger partial charge in [0.15, 0.2) is 5.76 Å². The van der Waals surface area contributed by atoms with Gasteiger partial charge in [0.2, 0.25) is 0 Å². The van der Waals surface area contributed by atoms with E-state index in [1.54, 1.807) is 28.4 Å². The third kappa shape index (κ3) is 4.16. The lowest BCUT2D eigenvalue weighted by Gasteiger charge is -2.22. The Morgan fingerprint density at radius 2 is 1.79 bits per heavy atom. The molecule has 0 aliphatic rings. The molecule has 0 N–H and O–H groups in total. The summed E-state index contributed by atoms with van der Waals surface area (Å²) < 4.78 is 5.47. The molecule has 4 aromatic rings. The molecule has 28 heavy (non-hydrogen) atoms. The van der Waals surface area contributed by atoms with E-state index in [-0.39, 0.29) is 5.91 Å². The van der Waals surface area contributed by atoms with Gasteiger partial charge in [-0.15, -0.1) is 11.3 Å². The Morgan fingerprint density at radius 1 is 1.00 bits per heavy atom. The highest BCUT2D eigenvalue weighted by molar-refractivity contribution is 7.13. The zero-order valence-electron chi connectivity index (χ0n) is 14.9. The predicted molar refractivity (Wildman–Crippen MR) is 111 cm³/mol. The van der Waals surface area contributed by atoms with Gasteiger partial charge in [-0.25, -0.2) is 0 Å². The molecule has 140 valence electrons. The van der Waals surface area contributed by atoms with E-state index in [1.807, 2.05) is 66.0 Å². The van der Waals surface area contributed by atoms with Crippen LogP contribution in [-0.2, 0) is 13.1 Å². The average molecular weight is 409 g/mol. The maximum Gasteiger partial charge on any atom is 0.256 e. The molecule has 6 heteroatoms. The van der Waals surface area contributed by atoms with Crippen LogP contribution in [0.4, 0.5) is 0 Å².